The van der Waals surface area contributed by atoms with Crippen LogP contribution in [0.4, 0.5) is 5.69 Å². The second-order valence-electron chi connectivity index (χ2n) is 4.12. The molecular formula is C12H14BrNO4. The Labute approximate surface area is 113 Å². The predicted octanol–water partition coefficient (Wildman–Crippen LogP) is 3.05. The van der Waals surface area contributed by atoms with Crippen molar-refractivity contribution >= 4 is 21.6 Å². The van der Waals surface area contributed by atoms with Crippen molar-refractivity contribution in [2.75, 3.05) is 13.2 Å². The molecule has 5 nitrogen and oxygen atoms in total. The van der Waals surface area contributed by atoms with Crippen molar-refractivity contribution in [3.8, 4) is 5.75 Å². The molecule has 1 aromatic carbocycles. The summed E-state index contributed by atoms with van der Waals surface area (Å²) in [5, 5.41) is 11.6. The van der Waals surface area contributed by atoms with E-state index in [9.17, 15) is 10.1 Å². The topological polar surface area (TPSA) is 61.6 Å². The van der Waals surface area contributed by atoms with Crippen molar-refractivity contribution < 1.29 is 14.4 Å². The van der Waals surface area contributed by atoms with Crippen molar-refractivity contribution in [1.82, 2.24) is 0 Å². The lowest BCUT2D eigenvalue weighted by Crippen LogP contribution is -2.26. The van der Waals surface area contributed by atoms with E-state index in [2.05, 4.69) is 15.9 Å². The zero-order valence-electron chi connectivity index (χ0n) is 9.80. The quantitative estimate of drug-likeness (QED) is 0.486. The van der Waals surface area contributed by atoms with Crippen LogP contribution in [0.25, 0.3) is 0 Å². The van der Waals surface area contributed by atoms with E-state index in [0.29, 0.717) is 24.3 Å². The molecule has 1 aromatic rings. The summed E-state index contributed by atoms with van der Waals surface area (Å²) in [6.07, 6.45) is 1.56. The Morgan fingerprint density at radius 1 is 1.44 bits per heavy atom. The van der Waals surface area contributed by atoms with Gasteiger partial charge in [-0.1, -0.05) is 22.0 Å². The zero-order valence-corrected chi connectivity index (χ0v) is 11.4. The molecule has 0 aliphatic carbocycles. The molecule has 2 rings (SSSR count). The standard InChI is InChI=1S/C12H14BrNO4/c13-8-9-1-2-12(11(7-9)14(15)16)18-10-3-5-17-6-4-10/h1-2,7,10H,3-6,8H2. The second-order valence-corrected chi connectivity index (χ2v) is 4.68. The summed E-state index contributed by atoms with van der Waals surface area (Å²) in [6, 6.07) is 5.05. The van der Waals surface area contributed by atoms with E-state index >= 15 is 0 Å². The van der Waals surface area contributed by atoms with Crippen molar-refractivity contribution in [2.24, 2.45) is 0 Å². The fourth-order valence-corrected chi connectivity index (χ4v) is 2.21. The van der Waals surface area contributed by atoms with Gasteiger partial charge in [-0.25, -0.2) is 0 Å². The Hall–Kier alpha value is -1.14. The summed E-state index contributed by atoms with van der Waals surface area (Å²) in [7, 11) is 0. The van der Waals surface area contributed by atoms with Gasteiger partial charge in [-0.15, -0.1) is 0 Å². The minimum Gasteiger partial charge on any atom is -0.483 e. The third kappa shape index (κ3) is 3.20. The Morgan fingerprint density at radius 2 is 2.17 bits per heavy atom. The van der Waals surface area contributed by atoms with Crippen LogP contribution in [0.2, 0.25) is 0 Å². The SMILES string of the molecule is O=[N+]([O-])c1cc(CBr)ccc1OC1CCOCC1. The monoisotopic (exact) mass is 315 g/mol. The van der Waals surface area contributed by atoms with Crippen molar-refractivity contribution in [3.05, 3.63) is 33.9 Å². The number of benzene rings is 1. The third-order valence-electron chi connectivity index (χ3n) is 2.84. The molecule has 18 heavy (non-hydrogen) atoms. The summed E-state index contributed by atoms with van der Waals surface area (Å²) in [5.41, 5.74) is 0.888. The molecule has 0 bridgehead atoms. The highest BCUT2D eigenvalue weighted by molar-refractivity contribution is 9.08. The highest BCUT2D eigenvalue weighted by Gasteiger charge is 2.21. The molecule has 0 spiro atoms. The molecule has 1 saturated heterocycles. The molecule has 0 atom stereocenters. The Morgan fingerprint density at radius 3 is 2.78 bits per heavy atom. The first-order valence-corrected chi connectivity index (χ1v) is 6.90. The largest absolute Gasteiger partial charge is 0.483 e. The van der Waals surface area contributed by atoms with E-state index in [1.807, 2.05) is 6.07 Å². The maximum absolute atomic E-state index is 11.0. The summed E-state index contributed by atoms with van der Waals surface area (Å²) in [6.45, 7) is 1.30. The first-order valence-electron chi connectivity index (χ1n) is 5.78. The number of nitro benzene ring substituents is 1. The first-order chi connectivity index (χ1) is 8.70. The molecule has 0 amide bonds. The molecule has 6 heteroatoms. The number of halogens is 1. The van der Waals surface area contributed by atoms with Crippen LogP contribution in [0, 0.1) is 10.1 Å². The number of hydrogen-bond donors (Lipinski definition) is 0. The van der Waals surface area contributed by atoms with Crippen LogP contribution in [-0.2, 0) is 10.1 Å². The average Bonchev–Trinajstić information content (AvgIpc) is 2.40. The van der Waals surface area contributed by atoms with Crippen molar-refractivity contribution in [1.29, 1.82) is 0 Å². The zero-order chi connectivity index (χ0) is 13.0. The molecule has 98 valence electrons. The van der Waals surface area contributed by atoms with Crippen LogP contribution in [0.5, 0.6) is 5.75 Å². The number of ether oxygens (including phenoxy) is 2. The predicted molar refractivity (Wildman–Crippen MR) is 70.2 cm³/mol. The van der Waals surface area contributed by atoms with Gasteiger partial charge in [-0.3, -0.25) is 10.1 Å². The van der Waals surface area contributed by atoms with E-state index in [1.165, 1.54) is 0 Å². The lowest BCUT2D eigenvalue weighted by Gasteiger charge is -2.23. The van der Waals surface area contributed by atoms with Gasteiger partial charge in [-0.2, -0.15) is 0 Å². The normalized spacial score (nSPS) is 16.5. The van der Waals surface area contributed by atoms with Crippen molar-refractivity contribution in [3.63, 3.8) is 0 Å². The number of alkyl halides is 1. The molecule has 0 aromatic heterocycles. The van der Waals surface area contributed by atoms with Crippen LogP contribution < -0.4 is 4.74 Å². The summed E-state index contributed by atoms with van der Waals surface area (Å²) < 4.78 is 10.9. The smallest absolute Gasteiger partial charge is 0.311 e. The first kappa shape index (κ1) is 13.3. The van der Waals surface area contributed by atoms with Crippen LogP contribution >= 0.6 is 15.9 Å². The van der Waals surface area contributed by atoms with Gasteiger partial charge in [0.2, 0.25) is 0 Å². The van der Waals surface area contributed by atoms with E-state index < -0.39 is 4.92 Å². The minimum absolute atomic E-state index is 0.00673. The number of nitrogens with zero attached hydrogens (tertiary/aromatic N) is 1. The van der Waals surface area contributed by atoms with Crippen LogP contribution in [-0.4, -0.2) is 24.2 Å². The second kappa shape index (κ2) is 6.15. The minimum atomic E-state index is -0.402. The molecular weight excluding hydrogens is 302 g/mol. The van der Waals surface area contributed by atoms with Gasteiger partial charge in [0.15, 0.2) is 5.75 Å². The van der Waals surface area contributed by atoms with Crippen molar-refractivity contribution in [2.45, 2.75) is 24.3 Å². The van der Waals surface area contributed by atoms with Crippen LogP contribution in [0.3, 0.4) is 0 Å². The molecule has 1 fully saturated rings. The molecule has 0 radical (unpaired) electrons. The summed E-state index contributed by atoms with van der Waals surface area (Å²) in [5.74, 6) is 0.344. The van der Waals surface area contributed by atoms with E-state index in [0.717, 1.165) is 18.4 Å². The highest BCUT2D eigenvalue weighted by atomic mass is 79.9. The number of rotatable bonds is 4. The fraction of sp³-hybridized carbons (Fsp3) is 0.500. The third-order valence-corrected chi connectivity index (χ3v) is 3.48. The molecule has 1 aliphatic heterocycles. The van der Waals surface area contributed by atoms with Crippen LogP contribution in [0.15, 0.2) is 18.2 Å². The van der Waals surface area contributed by atoms with Gasteiger partial charge < -0.3 is 9.47 Å². The maximum Gasteiger partial charge on any atom is 0.311 e. The number of hydrogen-bond acceptors (Lipinski definition) is 4. The summed E-state index contributed by atoms with van der Waals surface area (Å²) in [4.78, 5) is 10.6. The Bertz CT molecular complexity index is 432. The van der Waals surface area contributed by atoms with Gasteiger partial charge in [0, 0.05) is 24.2 Å². The summed E-state index contributed by atoms with van der Waals surface area (Å²) >= 11 is 3.28. The molecule has 1 heterocycles. The van der Waals surface area contributed by atoms with E-state index in [1.54, 1.807) is 12.1 Å². The van der Waals surface area contributed by atoms with Crippen LogP contribution in [0.1, 0.15) is 18.4 Å². The van der Waals surface area contributed by atoms with Gasteiger partial charge in [0.1, 0.15) is 6.10 Å². The molecule has 0 unspecified atom stereocenters. The Balaban J connectivity index is 2.17. The molecule has 0 saturated carbocycles. The lowest BCUT2D eigenvalue weighted by atomic mass is 10.1. The average molecular weight is 316 g/mol. The maximum atomic E-state index is 11.0. The fourth-order valence-electron chi connectivity index (χ4n) is 1.86. The van der Waals surface area contributed by atoms with Gasteiger partial charge >= 0.3 is 5.69 Å². The van der Waals surface area contributed by atoms with Gasteiger partial charge in [-0.05, 0) is 11.6 Å². The number of nitro groups is 1. The van der Waals surface area contributed by atoms with Gasteiger partial charge in [0.25, 0.3) is 0 Å². The molecule has 0 N–H and O–H groups in total. The highest BCUT2D eigenvalue weighted by Crippen LogP contribution is 2.30. The molecule has 1 aliphatic rings. The lowest BCUT2D eigenvalue weighted by molar-refractivity contribution is -0.386. The Kier molecular flexibility index (Phi) is 4.54. The van der Waals surface area contributed by atoms with Gasteiger partial charge in [0.05, 0.1) is 18.1 Å². The van der Waals surface area contributed by atoms with E-state index in [-0.39, 0.29) is 11.8 Å². The van der Waals surface area contributed by atoms with E-state index in [4.69, 9.17) is 9.47 Å².